The summed E-state index contributed by atoms with van der Waals surface area (Å²) in [5.74, 6) is 1.53. The number of fused-ring (bicyclic) bond motifs is 7. The van der Waals surface area contributed by atoms with Gasteiger partial charge in [-0.15, -0.1) is 0 Å². The molecule has 141 heavy (non-hydrogen) atoms. The third kappa shape index (κ3) is 32.9. The fourth-order valence-corrected chi connectivity index (χ4v) is 16.3. The van der Waals surface area contributed by atoms with E-state index < -0.39 is 0 Å². The molecule has 0 aliphatic rings. The van der Waals surface area contributed by atoms with Gasteiger partial charge in [0.05, 0.1) is 45.7 Å². The van der Waals surface area contributed by atoms with Gasteiger partial charge in [-0.2, -0.15) is 0 Å². The lowest BCUT2D eigenvalue weighted by Crippen LogP contribution is -2.18. The second-order valence-corrected chi connectivity index (χ2v) is 36.0. The molecule has 0 unspecified atom stereocenters. The average Bonchev–Trinajstić information content (AvgIpc) is 0.839. The first kappa shape index (κ1) is 105. The van der Waals surface area contributed by atoms with Crippen LogP contribution in [0.3, 0.4) is 0 Å². The molecule has 9 aromatic heterocycles. The number of methoxy groups -OCH3 is 1. The van der Waals surface area contributed by atoms with Crippen molar-refractivity contribution in [1.82, 2.24) is 44.9 Å². The summed E-state index contributed by atoms with van der Waals surface area (Å²) in [5, 5.41) is 45.9. The summed E-state index contributed by atoms with van der Waals surface area (Å²) in [7, 11) is 1.67. The summed E-state index contributed by atoms with van der Waals surface area (Å²) in [4.78, 5) is 38.7. The minimum atomic E-state index is -0.340. The van der Waals surface area contributed by atoms with Crippen molar-refractivity contribution < 1.29 is 23.7 Å². The topological polar surface area (TPSA) is 248 Å². The van der Waals surface area contributed by atoms with E-state index in [4.69, 9.17) is 107 Å². The molecular formula is C112H107Cl8FN16O4. The van der Waals surface area contributed by atoms with E-state index in [1.54, 1.807) is 68.7 Å². The highest BCUT2D eigenvalue weighted by Gasteiger charge is 2.14. The van der Waals surface area contributed by atoms with Crippen LogP contribution in [-0.4, -0.2) is 103 Å². The van der Waals surface area contributed by atoms with E-state index in [2.05, 4.69) is 102 Å². The number of nitrogens with zero attached hydrogens (tertiary/aromatic N) is 9. The van der Waals surface area contributed by atoms with Crippen LogP contribution in [0.1, 0.15) is 74.9 Å². The number of halogens is 9. The lowest BCUT2D eigenvalue weighted by atomic mass is 10.1. The van der Waals surface area contributed by atoms with Gasteiger partial charge < -0.3 is 56.5 Å². The second kappa shape index (κ2) is 55.1. The first-order chi connectivity index (χ1) is 68.7. The Kier molecular flexibility index (Phi) is 41.0. The lowest BCUT2D eigenvalue weighted by molar-refractivity contribution is -0.139. The summed E-state index contributed by atoms with van der Waals surface area (Å²) in [6.07, 6.45) is 22.6. The number of ether oxygens (including phenoxy) is 3. The molecule has 0 aliphatic carbocycles. The number of benzene rings is 10. The molecule has 19 rings (SSSR count). The van der Waals surface area contributed by atoms with Crippen LogP contribution in [0.5, 0.6) is 11.5 Å². The van der Waals surface area contributed by atoms with Gasteiger partial charge in [0.1, 0.15) is 17.3 Å². The van der Waals surface area contributed by atoms with E-state index in [1.807, 2.05) is 263 Å². The second-order valence-electron chi connectivity index (χ2n) is 32.5. The Balaban J connectivity index is 0.000000139. The third-order valence-corrected chi connectivity index (χ3v) is 24.0. The fourth-order valence-electron chi connectivity index (χ4n) is 14.9. The molecule has 0 bridgehead atoms. The Morgan fingerprint density at radius 1 is 0.326 bits per heavy atom. The van der Waals surface area contributed by atoms with Crippen LogP contribution in [0.2, 0.25) is 40.2 Å². The lowest BCUT2D eigenvalue weighted by Gasteiger charge is -2.17. The average molecular weight is 2040 g/mol. The number of hydrogen-bond donors (Lipinski definition) is 8. The highest BCUT2D eigenvalue weighted by molar-refractivity contribution is 6.34. The molecule has 10 aromatic carbocycles. The zero-order valence-electron chi connectivity index (χ0n) is 78.3. The van der Waals surface area contributed by atoms with Gasteiger partial charge in [0.15, 0.2) is 6.29 Å². The van der Waals surface area contributed by atoms with Crippen molar-refractivity contribution in [2.45, 2.75) is 85.7 Å². The van der Waals surface area contributed by atoms with Gasteiger partial charge in [0.2, 0.25) is 0 Å². The molecule has 20 nitrogen and oxygen atoms in total. The molecule has 0 aliphatic heterocycles. The number of anilines is 7. The summed E-state index contributed by atoms with van der Waals surface area (Å²) < 4.78 is 29.4. The molecule has 0 saturated heterocycles. The van der Waals surface area contributed by atoms with Crippen LogP contribution in [0.4, 0.5) is 44.2 Å². The maximum Gasteiger partial charge on any atom is 0.157 e. The van der Waals surface area contributed by atoms with E-state index >= 15 is 0 Å². The van der Waals surface area contributed by atoms with Crippen LogP contribution >= 0.6 is 92.8 Å². The first-order valence-electron chi connectivity index (χ1n) is 46.0. The monoisotopic (exact) mass is 2040 g/mol. The van der Waals surface area contributed by atoms with E-state index in [1.165, 1.54) is 17.7 Å². The van der Waals surface area contributed by atoms with E-state index in [9.17, 15) is 9.50 Å². The fraction of sp³-hybridized carbons (Fsp3) is 0.188. The van der Waals surface area contributed by atoms with Crippen molar-refractivity contribution in [2.75, 3.05) is 83.7 Å². The molecule has 0 atom stereocenters. The minimum absolute atomic E-state index is 0.107. The van der Waals surface area contributed by atoms with Crippen molar-refractivity contribution in [1.29, 1.82) is 0 Å². The standard InChI is InChI=1S/C17H23ClN2O2.2C17H15ClN2O.C16H11Cl2FN2.C16H14ClN3.C15H12ClN3.C14H17ClN2/c1-3-21-17(22-4-2)6-5-10-19-15-9-11-20-16-12-13(18)7-8-14(15)16;18-13-3-6-15-16(8-10-20-17(15)11-13)19-9-7-12-1-4-14(21)5-2-12;1-21-14-4-2-3-12(9-14)11-20-16-7-8-19-17-10-13(18)5-6-15(16)17;17-11-2-4-13-15(5-6-20-16(13)7-11)21-9-10-1-3-12(19)8-14(10)18;17-12-4-5-14-15(7-10-20-16(14)11-12)19-9-6-13-3-1-2-8-18-13;16-12-3-4-13-14(5-7-18-15(13)8-12)19-10-11-2-1-6-17-9-11;1-10(2)5-7-16-13-6-8-17-14-9-11(15)3-4-12(13)14/h7-9,11-12,17H,3-6,10H2,1-2H3,(H,19,20);1-6,8,10-11,21H,7,9H2,(H,19,20);2-10H,11H2,1H3,(H,19,20);1-8H,9H2,(H,20,21);1-5,7-8,10-11H,6,9H2,(H,19,20);1-9H,10H2,(H,18,19);3-4,6,8-10H,5,7H2,1-2H3,(H,16,17). The smallest absolute Gasteiger partial charge is 0.157 e. The number of phenolic OH excluding ortho intramolecular Hbond substituents is 1. The number of rotatable bonds is 31. The molecule has 0 radical (unpaired) electrons. The number of nitrogens with one attached hydrogen (secondary N) is 7. The Bertz CT molecular complexity index is 7240. The molecule has 0 amide bonds. The van der Waals surface area contributed by atoms with Crippen molar-refractivity contribution in [3.05, 3.63) is 403 Å². The predicted molar refractivity (Wildman–Crippen MR) is 587 cm³/mol. The summed E-state index contributed by atoms with van der Waals surface area (Å²) in [6.45, 7) is 15.2. The molecule has 0 saturated carbocycles. The molecule has 29 heteroatoms. The number of pyridine rings is 9. The Morgan fingerprint density at radius 2 is 0.709 bits per heavy atom. The highest BCUT2D eigenvalue weighted by atomic mass is 35.5. The van der Waals surface area contributed by atoms with Gasteiger partial charge >= 0.3 is 0 Å². The van der Waals surface area contributed by atoms with Gasteiger partial charge in [-0.25, -0.2) is 4.39 Å². The normalized spacial score (nSPS) is 10.8. The molecule has 19 aromatic rings. The highest BCUT2D eigenvalue weighted by Crippen LogP contribution is 2.34. The van der Waals surface area contributed by atoms with Gasteiger partial charge in [-0.3, -0.25) is 44.9 Å². The molecule has 0 fully saturated rings. The zero-order valence-corrected chi connectivity index (χ0v) is 84.4. The molecule has 9 heterocycles. The van der Waals surface area contributed by atoms with Crippen LogP contribution in [0.15, 0.2) is 329 Å². The van der Waals surface area contributed by atoms with Crippen LogP contribution in [0, 0.1) is 11.7 Å². The van der Waals surface area contributed by atoms with Crippen molar-refractivity contribution in [3.63, 3.8) is 0 Å². The molecule has 8 N–H and O–H groups in total. The van der Waals surface area contributed by atoms with Crippen molar-refractivity contribution >= 4 is 209 Å². The summed E-state index contributed by atoms with van der Waals surface area (Å²) in [6, 6.07) is 83.4. The Morgan fingerprint density at radius 3 is 1.09 bits per heavy atom. The van der Waals surface area contributed by atoms with E-state index in [0.29, 0.717) is 66.6 Å². The van der Waals surface area contributed by atoms with Crippen molar-refractivity contribution in [2.24, 2.45) is 5.92 Å². The first-order valence-corrected chi connectivity index (χ1v) is 49.0. The summed E-state index contributed by atoms with van der Waals surface area (Å²) >= 11 is 47.9. The van der Waals surface area contributed by atoms with Crippen LogP contribution < -0.4 is 42.0 Å². The van der Waals surface area contributed by atoms with Gasteiger partial charge in [-0.05, 0) is 286 Å². The minimum Gasteiger partial charge on any atom is -0.508 e. The number of phenols is 1. The summed E-state index contributed by atoms with van der Waals surface area (Å²) in [5.41, 5.74) is 19.0. The number of hydrogen-bond acceptors (Lipinski definition) is 20. The number of aromatic nitrogens is 9. The largest absolute Gasteiger partial charge is 0.508 e. The SMILES string of the molecule is CC(C)CCNc1ccnc2cc(Cl)ccc12.CCOC(CCCNc1ccnc2cc(Cl)ccc12)OCC.COc1cccc(CNc2ccnc3cc(Cl)ccc23)c1.Clc1ccc2c(NCCc3ccccn3)ccnc2c1.Clc1ccc2c(NCc3cccnc3)ccnc2c1.Fc1ccc(CNc2ccnc3cc(Cl)ccc23)c(Cl)c1.Oc1ccc(CCNc2ccnc3cc(Cl)ccc23)cc1. The molecule has 722 valence electrons. The quantitative estimate of drug-likeness (QED) is 0.0149. The zero-order chi connectivity index (χ0) is 99.0. The maximum atomic E-state index is 13.0. The number of aromatic hydroxyl groups is 1. The van der Waals surface area contributed by atoms with Gasteiger partial charge in [-0.1, -0.05) is 149 Å². The van der Waals surface area contributed by atoms with Gasteiger partial charge in [0, 0.05) is 257 Å². The van der Waals surface area contributed by atoms with E-state index in [0.717, 1.165) is 221 Å². The van der Waals surface area contributed by atoms with Crippen molar-refractivity contribution in [3.8, 4) is 11.5 Å². The van der Waals surface area contributed by atoms with Gasteiger partial charge in [0.25, 0.3) is 0 Å². The predicted octanol–water partition coefficient (Wildman–Crippen LogP) is 30.7. The van der Waals surface area contributed by atoms with Crippen LogP contribution in [0.25, 0.3) is 76.3 Å². The Hall–Kier alpha value is -13.3. The molecule has 0 spiro atoms. The third-order valence-electron chi connectivity index (χ3n) is 22.0. The molecular weight excluding hydrogens is 1940 g/mol. The van der Waals surface area contributed by atoms with Crippen LogP contribution in [-0.2, 0) is 41.9 Å². The van der Waals surface area contributed by atoms with E-state index in [-0.39, 0.29) is 12.1 Å². The maximum absolute atomic E-state index is 13.0. The Labute approximate surface area is 860 Å².